The summed E-state index contributed by atoms with van der Waals surface area (Å²) in [5.74, 6) is 0. The Hall–Kier alpha value is -3.27. The zero-order valence-corrected chi connectivity index (χ0v) is 24.2. The molecule has 0 unspecified atom stereocenters. The summed E-state index contributed by atoms with van der Waals surface area (Å²) < 4.78 is 54.5. The molecule has 9 heteroatoms. The molecule has 0 spiro atoms. The number of likely N-dealkylation sites (N-methyl/N-ethyl adjacent to an activating group) is 1. The maximum absolute atomic E-state index is 13.8. The average molecular weight is 565 g/mol. The Kier molecular flexibility index (Phi) is 6.37. The molecule has 2 heterocycles. The van der Waals surface area contributed by atoms with Crippen molar-refractivity contribution in [2.45, 2.75) is 52.3 Å². The molecule has 38 heavy (non-hydrogen) atoms. The second-order valence-electron chi connectivity index (χ2n) is 10.0. The van der Waals surface area contributed by atoms with E-state index in [0.717, 1.165) is 39.4 Å². The van der Waals surface area contributed by atoms with E-state index in [-0.39, 0.29) is 24.0 Å². The van der Waals surface area contributed by atoms with Crippen LogP contribution in [0.5, 0.6) is 0 Å². The summed E-state index contributed by atoms with van der Waals surface area (Å²) in [5.41, 5.74) is 4.37. The largest absolute Gasteiger partial charge is 0.347 e. The SMILES string of the molecule is Cc1ccc(S(=O)(=O)c2nc(S(=O)(=O)c3ccc(C)cc3)c(C=C3N(C)c4ccccc4C3(C)C)s2)cc1. The molecular weight excluding hydrogens is 537 g/mol. The summed E-state index contributed by atoms with van der Waals surface area (Å²) in [4.78, 5) is 6.73. The zero-order chi connectivity index (χ0) is 27.5. The van der Waals surface area contributed by atoms with Gasteiger partial charge in [0, 0.05) is 23.8 Å². The van der Waals surface area contributed by atoms with Gasteiger partial charge in [0.05, 0.1) is 14.7 Å². The molecular formula is C29H28N2O4S3. The second-order valence-corrected chi connectivity index (χ2v) is 15.0. The minimum absolute atomic E-state index is 0.0645. The fourth-order valence-corrected chi connectivity index (χ4v) is 9.08. The van der Waals surface area contributed by atoms with Crippen molar-refractivity contribution in [3.05, 3.63) is 100 Å². The van der Waals surface area contributed by atoms with Gasteiger partial charge in [-0.3, -0.25) is 0 Å². The lowest BCUT2D eigenvalue weighted by atomic mass is 9.84. The molecule has 0 fully saturated rings. The summed E-state index contributed by atoms with van der Waals surface area (Å²) in [6.07, 6.45) is 1.77. The van der Waals surface area contributed by atoms with Crippen LogP contribution in [0.4, 0.5) is 5.69 Å². The van der Waals surface area contributed by atoms with Crippen molar-refractivity contribution in [1.29, 1.82) is 0 Å². The summed E-state index contributed by atoms with van der Waals surface area (Å²) in [5, 5.41) is -0.260. The highest BCUT2D eigenvalue weighted by molar-refractivity contribution is 7.94. The molecule has 0 bridgehead atoms. The number of hydrogen-bond acceptors (Lipinski definition) is 7. The van der Waals surface area contributed by atoms with Gasteiger partial charge in [-0.05, 0) is 55.8 Å². The van der Waals surface area contributed by atoms with Gasteiger partial charge in [-0.15, -0.1) is 11.3 Å². The molecule has 3 aromatic carbocycles. The fraction of sp³-hybridized carbons (Fsp3) is 0.207. The van der Waals surface area contributed by atoms with E-state index in [9.17, 15) is 16.8 Å². The Bertz CT molecular complexity index is 1780. The van der Waals surface area contributed by atoms with Crippen molar-refractivity contribution < 1.29 is 16.8 Å². The first-order valence-corrected chi connectivity index (χ1v) is 15.8. The summed E-state index contributed by atoms with van der Waals surface area (Å²) >= 11 is 0.877. The number of thiazole rings is 1. The van der Waals surface area contributed by atoms with Gasteiger partial charge in [0.25, 0.3) is 0 Å². The molecule has 4 aromatic rings. The Balaban J connectivity index is 1.73. The van der Waals surface area contributed by atoms with Crippen LogP contribution in [0.1, 0.15) is 35.4 Å². The van der Waals surface area contributed by atoms with Gasteiger partial charge < -0.3 is 4.90 Å². The van der Waals surface area contributed by atoms with Gasteiger partial charge in [0.1, 0.15) is 0 Å². The summed E-state index contributed by atoms with van der Waals surface area (Å²) in [7, 11) is -6.21. The molecule has 0 amide bonds. The molecule has 0 aliphatic carbocycles. The molecule has 0 N–H and O–H groups in total. The Morgan fingerprint density at radius 1 is 0.789 bits per heavy atom. The first kappa shape index (κ1) is 26.3. The molecule has 6 nitrogen and oxygen atoms in total. The van der Waals surface area contributed by atoms with E-state index in [4.69, 9.17) is 0 Å². The number of anilines is 1. The number of aromatic nitrogens is 1. The van der Waals surface area contributed by atoms with Crippen LogP contribution in [0.25, 0.3) is 6.08 Å². The van der Waals surface area contributed by atoms with E-state index < -0.39 is 25.1 Å². The zero-order valence-electron chi connectivity index (χ0n) is 21.8. The lowest BCUT2D eigenvalue weighted by Gasteiger charge is -2.24. The number of hydrogen-bond donors (Lipinski definition) is 0. The lowest BCUT2D eigenvalue weighted by molar-refractivity contribution is 0.589. The predicted molar refractivity (Wildman–Crippen MR) is 151 cm³/mol. The first-order valence-electron chi connectivity index (χ1n) is 12.0. The first-order chi connectivity index (χ1) is 17.8. The van der Waals surface area contributed by atoms with Crippen LogP contribution in [0.3, 0.4) is 0 Å². The predicted octanol–water partition coefficient (Wildman–Crippen LogP) is 6.19. The second kappa shape index (κ2) is 9.18. The number of allylic oxidation sites excluding steroid dienone is 1. The maximum Gasteiger partial charge on any atom is 0.233 e. The third-order valence-corrected chi connectivity index (χ3v) is 11.9. The van der Waals surface area contributed by atoms with E-state index in [0.29, 0.717) is 0 Å². The summed E-state index contributed by atoms with van der Waals surface area (Å²) in [6.45, 7) is 7.88. The smallest absolute Gasteiger partial charge is 0.233 e. The Morgan fingerprint density at radius 2 is 1.32 bits per heavy atom. The van der Waals surface area contributed by atoms with E-state index in [1.54, 1.807) is 30.3 Å². The minimum Gasteiger partial charge on any atom is -0.347 e. The van der Waals surface area contributed by atoms with E-state index in [2.05, 4.69) is 24.9 Å². The van der Waals surface area contributed by atoms with Gasteiger partial charge in [-0.1, -0.05) is 67.4 Å². The van der Waals surface area contributed by atoms with Crippen molar-refractivity contribution in [3.8, 4) is 0 Å². The van der Waals surface area contributed by atoms with Gasteiger partial charge in [-0.2, -0.15) is 0 Å². The summed E-state index contributed by atoms with van der Waals surface area (Å²) in [6, 6.07) is 20.9. The highest BCUT2D eigenvalue weighted by atomic mass is 32.2. The van der Waals surface area contributed by atoms with Gasteiger partial charge >= 0.3 is 0 Å². The Labute approximate surface area is 228 Å². The quantitative estimate of drug-likeness (QED) is 0.287. The van der Waals surface area contributed by atoms with Crippen molar-refractivity contribution in [2.75, 3.05) is 11.9 Å². The van der Waals surface area contributed by atoms with Crippen LogP contribution in [-0.2, 0) is 25.1 Å². The highest BCUT2D eigenvalue weighted by Gasteiger charge is 2.39. The number of aryl methyl sites for hydroxylation is 2. The van der Waals surface area contributed by atoms with Crippen molar-refractivity contribution in [3.63, 3.8) is 0 Å². The average Bonchev–Trinajstić information content (AvgIpc) is 3.40. The van der Waals surface area contributed by atoms with E-state index in [1.165, 1.54) is 24.3 Å². The molecule has 0 radical (unpaired) electrons. The van der Waals surface area contributed by atoms with Crippen molar-refractivity contribution >= 4 is 42.8 Å². The standard InChI is InChI=1S/C29H28N2O4S3/c1-19-10-14-21(15-11-19)37(32,33)27-25(18-26-29(3,4)23-8-6-7-9-24(23)31(26)5)36-28(30-27)38(34,35)22-16-12-20(2)13-17-22/h6-18H,1-5H3. The molecule has 0 atom stereocenters. The third-order valence-electron chi connectivity index (χ3n) is 6.96. The van der Waals surface area contributed by atoms with Crippen LogP contribution >= 0.6 is 11.3 Å². The number of rotatable bonds is 5. The van der Waals surface area contributed by atoms with E-state index >= 15 is 0 Å². The van der Waals surface area contributed by atoms with Crippen LogP contribution < -0.4 is 4.90 Å². The van der Waals surface area contributed by atoms with Crippen molar-refractivity contribution in [2.24, 2.45) is 0 Å². The van der Waals surface area contributed by atoms with Crippen LogP contribution in [-0.4, -0.2) is 28.9 Å². The maximum atomic E-state index is 13.8. The monoisotopic (exact) mass is 564 g/mol. The fourth-order valence-electron chi connectivity index (χ4n) is 4.73. The third kappa shape index (κ3) is 4.28. The number of para-hydroxylation sites is 1. The molecule has 0 saturated carbocycles. The van der Waals surface area contributed by atoms with Crippen molar-refractivity contribution in [1.82, 2.24) is 4.98 Å². The van der Waals surface area contributed by atoms with Gasteiger partial charge in [-0.25, -0.2) is 21.8 Å². The molecule has 1 aromatic heterocycles. The number of sulfone groups is 2. The van der Waals surface area contributed by atoms with Gasteiger partial charge in [0.15, 0.2) is 5.03 Å². The molecule has 0 saturated heterocycles. The molecule has 1 aliphatic rings. The number of nitrogens with zero attached hydrogens (tertiary/aromatic N) is 2. The van der Waals surface area contributed by atoms with Crippen LogP contribution in [0.15, 0.2) is 97.7 Å². The molecule has 196 valence electrons. The van der Waals surface area contributed by atoms with E-state index in [1.807, 2.05) is 44.0 Å². The minimum atomic E-state index is -4.11. The molecule has 5 rings (SSSR count). The topological polar surface area (TPSA) is 84.4 Å². The molecule has 1 aliphatic heterocycles. The van der Waals surface area contributed by atoms with Crippen LogP contribution in [0, 0.1) is 13.8 Å². The van der Waals surface area contributed by atoms with Crippen LogP contribution in [0.2, 0.25) is 0 Å². The van der Waals surface area contributed by atoms with Gasteiger partial charge in [0.2, 0.25) is 24.0 Å². The lowest BCUT2D eigenvalue weighted by Crippen LogP contribution is -2.22. The number of benzene rings is 3. The number of fused-ring (bicyclic) bond motifs is 1. The Morgan fingerprint density at radius 3 is 1.87 bits per heavy atom. The normalized spacial score (nSPS) is 16.1. The highest BCUT2D eigenvalue weighted by Crippen LogP contribution is 2.48.